The minimum Gasteiger partial charge on any atom is -0.339 e. The predicted molar refractivity (Wildman–Crippen MR) is 109 cm³/mol. The van der Waals surface area contributed by atoms with E-state index < -0.39 is 6.17 Å². The van der Waals surface area contributed by atoms with Gasteiger partial charge in [-0.1, -0.05) is 17.3 Å². The van der Waals surface area contributed by atoms with Crippen molar-refractivity contribution in [3.05, 3.63) is 64.9 Å². The summed E-state index contributed by atoms with van der Waals surface area (Å²) in [5.41, 5.74) is 4.21. The molecule has 31 heavy (non-hydrogen) atoms. The first kappa shape index (κ1) is 18.9. The molecule has 1 N–H and O–H groups in total. The van der Waals surface area contributed by atoms with Crippen molar-refractivity contribution < 1.29 is 13.7 Å². The van der Waals surface area contributed by atoms with E-state index in [0.717, 1.165) is 11.1 Å². The van der Waals surface area contributed by atoms with Gasteiger partial charge in [0.25, 0.3) is 5.91 Å². The summed E-state index contributed by atoms with van der Waals surface area (Å²) >= 11 is 0. The Labute approximate surface area is 176 Å². The average molecular weight is 416 g/mol. The third kappa shape index (κ3) is 3.32. The number of imidazole rings is 1. The van der Waals surface area contributed by atoms with Crippen LogP contribution in [0.2, 0.25) is 0 Å². The van der Waals surface area contributed by atoms with E-state index in [9.17, 15) is 14.4 Å². The Hall–Kier alpha value is -4.06. The highest BCUT2D eigenvalue weighted by molar-refractivity contribution is 6.04. The topological polar surface area (TPSA) is 109 Å². The van der Waals surface area contributed by atoms with Gasteiger partial charge < -0.3 is 9.84 Å². The minimum absolute atomic E-state index is 0.298. The van der Waals surface area contributed by atoms with Crippen LogP contribution in [0.15, 0.2) is 41.2 Å². The average Bonchev–Trinajstić information content (AvgIpc) is 3.15. The van der Waals surface area contributed by atoms with E-state index in [0.29, 0.717) is 46.3 Å². The lowest BCUT2D eigenvalue weighted by molar-refractivity contribution is 0.102. The van der Waals surface area contributed by atoms with E-state index in [-0.39, 0.29) is 11.8 Å². The summed E-state index contributed by atoms with van der Waals surface area (Å²) in [5.74, 6) is -0.0134. The number of nitriles is 1. The summed E-state index contributed by atoms with van der Waals surface area (Å²) < 4.78 is 20.1. The molecule has 1 fully saturated rings. The summed E-state index contributed by atoms with van der Waals surface area (Å²) in [4.78, 5) is 21.5. The van der Waals surface area contributed by atoms with Crippen LogP contribution in [-0.2, 0) is 0 Å². The molecule has 1 aliphatic rings. The molecule has 9 heteroatoms. The molecule has 5 rings (SSSR count). The molecular weight excluding hydrogens is 399 g/mol. The second-order valence-corrected chi connectivity index (χ2v) is 7.65. The second-order valence-electron chi connectivity index (χ2n) is 7.65. The standard InChI is InChI=1S/C22H17FN6O2/c1-11-3-4-13(20-27-22(31-28-20)15-7-16(15)23)5-17(11)26-21(30)18-9-25-19-6-14(8-24)12(2)10-29(18)19/h3-6,9-10,15-16H,7H2,1-2H3,(H,26,30)/t15-,16-/m0/s1. The van der Waals surface area contributed by atoms with Crippen LogP contribution in [0.1, 0.15) is 45.4 Å². The monoisotopic (exact) mass is 416 g/mol. The van der Waals surface area contributed by atoms with Crippen LogP contribution in [0.5, 0.6) is 0 Å². The number of benzene rings is 1. The Bertz CT molecular complexity index is 1380. The van der Waals surface area contributed by atoms with Gasteiger partial charge in [0, 0.05) is 17.4 Å². The Morgan fingerprint density at radius 3 is 2.87 bits per heavy atom. The van der Waals surface area contributed by atoms with Gasteiger partial charge in [-0.25, -0.2) is 9.37 Å². The zero-order chi connectivity index (χ0) is 21.7. The molecule has 1 saturated carbocycles. The van der Waals surface area contributed by atoms with E-state index in [1.807, 2.05) is 19.1 Å². The third-order valence-electron chi connectivity index (χ3n) is 5.42. The smallest absolute Gasteiger partial charge is 0.274 e. The summed E-state index contributed by atoms with van der Waals surface area (Å²) in [7, 11) is 0. The van der Waals surface area contributed by atoms with Gasteiger partial charge in [0.2, 0.25) is 11.7 Å². The molecule has 0 bridgehead atoms. The van der Waals surface area contributed by atoms with Crippen LogP contribution < -0.4 is 5.32 Å². The molecule has 0 unspecified atom stereocenters. The molecule has 0 saturated heterocycles. The highest BCUT2D eigenvalue weighted by Crippen LogP contribution is 2.43. The van der Waals surface area contributed by atoms with Gasteiger partial charge in [-0.3, -0.25) is 9.20 Å². The van der Waals surface area contributed by atoms with Gasteiger partial charge in [-0.15, -0.1) is 0 Å². The number of nitrogens with zero attached hydrogens (tertiary/aromatic N) is 5. The lowest BCUT2D eigenvalue weighted by Crippen LogP contribution is -2.15. The Morgan fingerprint density at radius 2 is 2.13 bits per heavy atom. The summed E-state index contributed by atoms with van der Waals surface area (Å²) in [6.07, 6.45) is 2.68. The first-order valence-corrected chi connectivity index (χ1v) is 9.72. The number of amides is 1. The van der Waals surface area contributed by atoms with E-state index in [1.54, 1.807) is 29.7 Å². The zero-order valence-corrected chi connectivity index (χ0v) is 16.8. The highest BCUT2D eigenvalue weighted by Gasteiger charge is 2.43. The quantitative estimate of drug-likeness (QED) is 0.539. The Morgan fingerprint density at radius 1 is 1.32 bits per heavy atom. The fourth-order valence-electron chi connectivity index (χ4n) is 3.42. The number of anilines is 1. The number of carbonyl (C=O) groups excluding carboxylic acids is 1. The molecule has 2 atom stereocenters. The molecule has 1 aliphatic carbocycles. The third-order valence-corrected chi connectivity index (χ3v) is 5.42. The highest BCUT2D eigenvalue weighted by atomic mass is 19.1. The molecule has 3 heterocycles. The normalized spacial score (nSPS) is 17.5. The van der Waals surface area contributed by atoms with Gasteiger partial charge in [0.1, 0.15) is 17.5 Å². The number of fused-ring (bicyclic) bond motifs is 1. The number of aryl methyl sites for hydroxylation is 2. The number of hydrogen-bond donors (Lipinski definition) is 1. The SMILES string of the molecule is Cc1cn2c(C(=O)Nc3cc(-c4noc([C@H]5C[C@@H]5F)n4)ccc3C)cnc2cc1C#N. The Kier molecular flexibility index (Phi) is 4.29. The number of aromatic nitrogens is 4. The number of pyridine rings is 1. The zero-order valence-electron chi connectivity index (χ0n) is 16.8. The van der Waals surface area contributed by atoms with Gasteiger partial charge in [0.15, 0.2) is 0 Å². The first-order chi connectivity index (χ1) is 14.9. The van der Waals surface area contributed by atoms with E-state index >= 15 is 0 Å². The lowest BCUT2D eigenvalue weighted by Gasteiger charge is -2.10. The molecule has 0 aliphatic heterocycles. The molecule has 154 valence electrons. The van der Waals surface area contributed by atoms with Crippen LogP contribution in [0.4, 0.5) is 10.1 Å². The van der Waals surface area contributed by atoms with Crippen LogP contribution >= 0.6 is 0 Å². The lowest BCUT2D eigenvalue weighted by atomic mass is 10.1. The second kappa shape index (κ2) is 7.02. The van der Waals surface area contributed by atoms with Gasteiger partial charge in [-0.05, 0) is 43.5 Å². The molecule has 0 spiro atoms. The van der Waals surface area contributed by atoms with E-state index in [1.165, 1.54) is 6.20 Å². The van der Waals surface area contributed by atoms with Crippen LogP contribution in [0, 0.1) is 25.2 Å². The van der Waals surface area contributed by atoms with E-state index in [4.69, 9.17) is 4.52 Å². The molecule has 3 aromatic heterocycles. The number of alkyl halides is 1. The number of carbonyl (C=O) groups is 1. The van der Waals surface area contributed by atoms with Crippen molar-refractivity contribution in [3.8, 4) is 17.5 Å². The molecule has 1 amide bonds. The van der Waals surface area contributed by atoms with Crippen molar-refractivity contribution in [2.45, 2.75) is 32.4 Å². The Balaban J connectivity index is 1.43. The molecule has 8 nitrogen and oxygen atoms in total. The van der Waals surface area contributed by atoms with Crippen molar-refractivity contribution in [2.75, 3.05) is 5.32 Å². The minimum atomic E-state index is -0.917. The molecule has 0 radical (unpaired) electrons. The summed E-state index contributed by atoms with van der Waals surface area (Å²) in [5, 5.41) is 16.0. The fraction of sp³-hybridized carbons (Fsp3) is 0.227. The van der Waals surface area contributed by atoms with Crippen molar-refractivity contribution >= 4 is 17.2 Å². The number of nitrogens with one attached hydrogen (secondary N) is 1. The largest absolute Gasteiger partial charge is 0.339 e. The molecule has 4 aromatic rings. The van der Waals surface area contributed by atoms with Crippen molar-refractivity contribution in [1.29, 1.82) is 5.26 Å². The van der Waals surface area contributed by atoms with Crippen molar-refractivity contribution in [1.82, 2.24) is 19.5 Å². The van der Waals surface area contributed by atoms with Crippen LogP contribution in [0.25, 0.3) is 17.0 Å². The number of hydrogen-bond acceptors (Lipinski definition) is 6. The molecular formula is C22H17FN6O2. The number of halogens is 1. The predicted octanol–water partition coefficient (Wildman–Crippen LogP) is 3.95. The van der Waals surface area contributed by atoms with Crippen LogP contribution in [0.3, 0.4) is 0 Å². The fourth-order valence-corrected chi connectivity index (χ4v) is 3.42. The van der Waals surface area contributed by atoms with E-state index in [2.05, 4.69) is 26.5 Å². The first-order valence-electron chi connectivity index (χ1n) is 9.72. The van der Waals surface area contributed by atoms with Crippen molar-refractivity contribution in [3.63, 3.8) is 0 Å². The maximum absolute atomic E-state index is 13.2. The van der Waals surface area contributed by atoms with Crippen molar-refractivity contribution in [2.24, 2.45) is 0 Å². The summed E-state index contributed by atoms with van der Waals surface area (Å²) in [6.45, 7) is 3.68. The van der Waals surface area contributed by atoms with Gasteiger partial charge in [-0.2, -0.15) is 10.2 Å². The van der Waals surface area contributed by atoms with Gasteiger partial charge >= 0.3 is 0 Å². The maximum atomic E-state index is 13.2. The summed E-state index contributed by atoms with van der Waals surface area (Å²) in [6, 6.07) is 9.18. The maximum Gasteiger partial charge on any atom is 0.274 e. The number of rotatable bonds is 4. The molecule has 1 aromatic carbocycles. The van der Waals surface area contributed by atoms with Gasteiger partial charge in [0.05, 0.1) is 23.7 Å². The van der Waals surface area contributed by atoms with Crippen LogP contribution in [-0.4, -0.2) is 31.6 Å².